The minimum absolute atomic E-state index is 0.00162. The number of aromatic amines is 2. The summed E-state index contributed by atoms with van der Waals surface area (Å²) in [5.41, 5.74) is 5.99. The van der Waals surface area contributed by atoms with Crippen molar-refractivity contribution in [3.05, 3.63) is 93.6 Å². The Bertz CT molecular complexity index is 1450. The van der Waals surface area contributed by atoms with Gasteiger partial charge in [0.1, 0.15) is 11.3 Å². The zero-order valence-electron chi connectivity index (χ0n) is 18.2. The normalized spacial score (nSPS) is 12.2. The molecule has 0 unspecified atom stereocenters. The molecule has 0 saturated carbocycles. The molecule has 0 aliphatic rings. The van der Waals surface area contributed by atoms with Gasteiger partial charge in [0.2, 0.25) is 0 Å². The van der Waals surface area contributed by atoms with Crippen LogP contribution in [-0.2, 0) is 0 Å². The van der Waals surface area contributed by atoms with Gasteiger partial charge in [0.05, 0.1) is 11.4 Å². The number of rotatable bonds is 5. The van der Waals surface area contributed by atoms with E-state index < -0.39 is 0 Å². The van der Waals surface area contributed by atoms with E-state index in [0.717, 1.165) is 33.8 Å². The lowest BCUT2D eigenvalue weighted by Gasteiger charge is -2.20. The first-order valence-corrected chi connectivity index (χ1v) is 10.6. The number of aryl methyl sites for hydroxylation is 1. The fraction of sp³-hybridized carbons (Fsp3) is 0.154. The maximum atomic E-state index is 13.3. The van der Waals surface area contributed by atoms with Crippen molar-refractivity contribution in [1.82, 2.24) is 15.4 Å². The molecule has 32 heavy (non-hydrogen) atoms. The topological polar surface area (TPSA) is 86.7 Å². The second-order valence-corrected chi connectivity index (χ2v) is 8.09. The first kappa shape index (κ1) is 19.9. The van der Waals surface area contributed by atoms with Gasteiger partial charge in [-0.1, -0.05) is 48.5 Å². The Morgan fingerprint density at radius 1 is 1.00 bits per heavy atom. The van der Waals surface area contributed by atoms with Gasteiger partial charge in [-0.2, -0.15) is 0 Å². The molecular formula is C26H24N4O2. The Morgan fingerprint density at radius 2 is 1.72 bits per heavy atom. The third-order valence-electron chi connectivity index (χ3n) is 5.79. The Balaban J connectivity index is 1.65. The highest BCUT2D eigenvalue weighted by molar-refractivity contribution is 5.85. The molecule has 6 nitrogen and oxygen atoms in total. The van der Waals surface area contributed by atoms with Crippen LogP contribution in [0.5, 0.6) is 0 Å². The third kappa shape index (κ3) is 3.39. The summed E-state index contributed by atoms with van der Waals surface area (Å²) >= 11 is 0. The molecule has 0 aliphatic carbocycles. The maximum absolute atomic E-state index is 13.3. The van der Waals surface area contributed by atoms with E-state index in [9.17, 15) is 4.79 Å². The first-order chi connectivity index (χ1) is 15.5. The van der Waals surface area contributed by atoms with Crippen molar-refractivity contribution in [1.29, 1.82) is 0 Å². The Morgan fingerprint density at radius 3 is 2.44 bits per heavy atom. The lowest BCUT2D eigenvalue weighted by Crippen LogP contribution is -2.13. The molecule has 0 spiro atoms. The van der Waals surface area contributed by atoms with Gasteiger partial charge in [0, 0.05) is 27.9 Å². The summed E-state index contributed by atoms with van der Waals surface area (Å²) < 4.78 is 6.43. The van der Waals surface area contributed by atoms with Gasteiger partial charge in [-0.25, -0.2) is 5.21 Å². The monoisotopic (exact) mass is 424 g/mol. The zero-order chi connectivity index (χ0) is 22.2. The fourth-order valence-corrected chi connectivity index (χ4v) is 4.12. The van der Waals surface area contributed by atoms with Gasteiger partial charge < -0.3 is 9.73 Å². The van der Waals surface area contributed by atoms with E-state index in [4.69, 9.17) is 4.42 Å². The number of H-pyrrole nitrogens is 2. The van der Waals surface area contributed by atoms with Crippen molar-refractivity contribution in [2.45, 2.75) is 26.8 Å². The number of hydrogen-bond acceptors (Lipinski definition) is 4. The molecule has 1 atom stereocenters. The van der Waals surface area contributed by atoms with Crippen LogP contribution in [-0.4, -0.2) is 15.4 Å². The molecule has 0 saturated heterocycles. The minimum Gasteiger partial charge on any atom is -0.455 e. The van der Waals surface area contributed by atoms with Crippen LogP contribution < -0.4 is 10.7 Å². The van der Waals surface area contributed by atoms with Gasteiger partial charge in [-0.3, -0.25) is 9.89 Å². The minimum atomic E-state index is -0.110. The predicted octanol–water partition coefficient (Wildman–Crippen LogP) is 5.97. The SMILES string of the molecule is Cc1cc([C@@H](C)Nc2ccccc2-c2n[nH][nH]2)c2oc(-c3ccccc3)c(C)c(=O)c2c1. The molecule has 5 rings (SSSR count). The van der Waals surface area contributed by atoms with Crippen LogP contribution >= 0.6 is 0 Å². The molecule has 3 N–H and O–H groups in total. The van der Waals surface area contributed by atoms with Crippen LogP contribution in [0.4, 0.5) is 5.69 Å². The standard InChI is InChI=1S/C26H24N4O2/c1-15-13-20(17(3)27-22-12-8-7-11-19(22)26-28-30-29-26)25-21(14-15)23(31)16(2)24(32-25)18-9-5-4-6-10-18/h4-14,17,27,30H,1-3H3,(H,28,29)/t17-/m1/s1. The zero-order valence-corrected chi connectivity index (χ0v) is 18.2. The molecule has 2 aromatic heterocycles. The Kier molecular flexibility index (Phi) is 4.90. The highest BCUT2D eigenvalue weighted by Gasteiger charge is 2.20. The third-order valence-corrected chi connectivity index (χ3v) is 5.79. The summed E-state index contributed by atoms with van der Waals surface area (Å²) in [6.07, 6.45) is 0. The highest BCUT2D eigenvalue weighted by Crippen LogP contribution is 2.34. The van der Waals surface area contributed by atoms with E-state index >= 15 is 0 Å². The van der Waals surface area contributed by atoms with Gasteiger partial charge >= 0.3 is 0 Å². The van der Waals surface area contributed by atoms with Crippen molar-refractivity contribution in [3.8, 4) is 22.7 Å². The molecule has 5 aromatic rings. The Hall–Kier alpha value is -4.06. The van der Waals surface area contributed by atoms with E-state index in [1.807, 2.05) is 74.5 Å². The predicted molar refractivity (Wildman–Crippen MR) is 128 cm³/mol. The van der Waals surface area contributed by atoms with E-state index in [1.165, 1.54) is 0 Å². The average Bonchev–Trinajstić information content (AvgIpc) is 2.77. The van der Waals surface area contributed by atoms with Crippen molar-refractivity contribution in [3.63, 3.8) is 0 Å². The Labute approximate surface area is 185 Å². The molecule has 0 aliphatic heterocycles. The van der Waals surface area contributed by atoms with Gasteiger partial charge in [0.15, 0.2) is 11.3 Å². The van der Waals surface area contributed by atoms with Crippen molar-refractivity contribution < 1.29 is 4.42 Å². The van der Waals surface area contributed by atoms with Crippen molar-refractivity contribution in [2.75, 3.05) is 5.32 Å². The molecule has 2 heterocycles. The summed E-state index contributed by atoms with van der Waals surface area (Å²) in [6.45, 7) is 5.90. The number of fused-ring (bicyclic) bond motifs is 1. The smallest absolute Gasteiger partial charge is 0.196 e. The summed E-state index contributed by atoms with van der Waals surface area (Å²) in [6, 6.07) is 21.6. The van der Waals surface area contributed by atoms with Crippen LogP contribution in [0.15, 0.2) is 75.9 Å². The van der Waals surface area contributed by atoms with E-state index in [1.54, 1.807) is 0 Å². The molecule has 0 fully saturated rings. The first-order valence-electron chi connectivity index (χ1n) is 10.6. The van der Waals surface area contributed by atoms with Crippen LogP contribution in [0.3, 0.4) is 0 Å². The van der Waals surface area contributed by atoms with Gasteiger partial charge in [0.25, 0.3) is 0 Å². The van der Waals surface area contributed by atoms with Gasteiger partial charge in [-0.15, -0.1) is 5.10 Å². The molecule has 160 valence electrons. The molecule has 6 heteroatoms. The fourth-order valence-electron chi connectivity index (χ4n) is 4.12. The molecule has 0 radical (unpaired) electrons. The maximum Gasteiger partial charge on any atom is 0.196 e. The average molecular weight is 425 g/mol. The summed E-state index contributed by atoms with van der Waals surface area (Å²) in [4.78, 5) is 13.3. The van der Waals surface area contributed by atoms with Crippen LogP contribution in [0, 0.1) is 13.8 Å². The quantitative estimate of drug-likeness (QED) is 0.324. The number of para-hydroxylation sites is 1. The van der Waals surface area contributed by atoms with Crippen molar-refractivity contribution in [2.24, 2.45) is 0 Å². The summed E-state index contributed by atoms with van der Waals surface area (Å²) in [5.74, 6) is 1.39. The van der Waals surface area contributed by atoms with Crippen molar-refractivity contribution >= 4 is 16.7 Å². The number of anilines is 1. The number of nitrogens with one attached hydrogen (secondary N) is 3. The summed E-state index contributed by atoms with van der Waals surface area (Å²) in [5, 5.41) is 14.0. The molecule has 0 amide bonds. The second kappa shape index (κ2) is 7.89. The molecule has 3 aromatic carbocycles. The van der Waals surface area contributed by atoms with Gasteiger partial charge in [-0.05, 0) is 44.5 Å². The number of nitrogens with zero attached hydrogens (tertiary/aromatic N) is 1. The summed E-state index contributed by atoms with van der Waals surface area (Å²) in [7, 11) is 0. The highest BCUT2D eigenvalue weighted by atomic mass is 16.3. The lowest BCUT2D eigenvalue weighted by atomic mass is 9.98. The molecule has 0 bridgehead atoms. The second-order valence-electron chi connectivity index (χ2n) is 8.09. The van der Waals surface area contributed by atoms with Crippen LogP contribution in [0.1, 0.15) is 29.7 Å². The number of aromatic nitrogens is 3. The number of benzene rings is 3. The molecular weight excluding hydrogens is 400 g/mol. The van der Waals surface area contributed by atoms with E-state index in [2.05, 4.69) is 33.7 Å². The van der Waals surface area contributed by atoms with Crippen LogP contribution in [0.25, 0.3) is 33.7 Å². The van der Waals surface area contributed by atoms with Crippen LogP contribution in [0.2, 0.25) is 0 Å². The van der Waals surface area contributed by atoms with E-state index in [0.29, 0.717) is 22.3 Å². The lowest BCUT2D eigenvalue weighted by molar-refractivity contribution is 0.605. The number of hydrogen-bond donors (Lipinski definition) is 3. The van der Waals surface area contributed by atoms with E-state index in [-0.39, 0.29) is 11.5 Å². The largest absolute Gasteiger partial charge is 0.455 e.